The lowest BCUT2D eigenvalue weighted by Gasteiger charge is -2.68. The summed E-state index contributed by atoms with van der Waals surface area (Å²) in [6.45, 7) is 5.91. The van der Waals surface area contributed by atoms with Crippen molar-refractivity contribution in [2.75, 3.05) is 13.2 Å². The molecule has 0 N–H and O–H groups in total. The van der Waals surface area contributed by atoms with Crippen LogP contribution in [0.5, 0.6) is 0 Å². The second kappa shape index (κ2) is 3.01. The van der Waals surface area contributed by atoms with E-state index in [0.29, 0.717) is 35.4 Å². The highest BCUT2D eigenvalue weighted by Gasteiger charge is 2.99. The summed E-state index contributed by atoms with van der Waals surface area (Å²) < 4.78 is 13.3. The van der Waals surface area contributed by atoms with Crippen molar-refractivity contribution in [1.29, 1.82) is 0 Å². The maximum Gasteiger partial charge on any atom is 0.182 e. The molecule has 6 fully saturated rings. The molecule has 7 rings (SSSR count). The molecule has 8 unspecified atom stereocenters. The molecule has 2 bridgehead atoms. The zero-order valence-corrected chi connectivity index (χ0v) is 13.6. The number of ketones is 1. The van der Waals surface area contributed by atoms with Crippen LogP contribution in [0.15, 0.2) is 24.3 Å². The van der Waals surface area contributed by atoms with Crippen LogP contribution in [0.1, 0.15) is 20.3 Å². The molecule has 3 nitrogen and oxygen atoms in total. The predicted molar refractivity (Wildman–Crippen MR) is 82.1 cm³/mol. The molecular formula is C20H22O3. The highest BCUT2D eigenvalue weighted by Crippen LogP contribution is 2.95. The number of hydrogen-bond acceptors (Lipinski definition) is 3. The van der Waals surface area contributed by atoms with Crippen molar-refractivity contribution in [3.05, 3.63) is 24.3 Å². The molecule has 8 atom stereocenters. The molecule has 3 heteroatoms. The van der Waals surface area contributed by atoms with E-state index in [4.69, 9.17) is 9.47 Å². The highest BCUT2D eigenvalue weighted by atomic mass is 16.7. The van der Waals surface area contributed by atoms with Gasteiger partial charge in [0.05, 0.1) is 24.0 Å². The molecule has 0 aromatic heterocycles. The van der Waals surface area contributed by atoms with Gasteiger partial charge < -0.3 is 9.47 Å². The van der Waals surface area contributed by atoms with Crippen molar-refractivity contribution < 1.29 is 14.3 Å². The summed E-state index contributed by atoms with van der Waals surface area (Å²) in [5.41, 5.74) is -0.435. The van der Waals surface area contributed by atoms with Gasteiger partial charge in [-0.05, 0) is 30.1 Å². The maximum atomic E-state index is 13.4. The van der Waals surface area contributed by atoms with Crippen LogP contribution in [0, 0.1) is 51.8 Å². The first-order valence-corrected chi connectivity index (χ1v) is 9.20. The van der Waals surface area contributed by atoms with Gasteiger partial charge in [0.2, 0.25) is 0 Å². The zero-order valence-electron chi connectivity index (χ0n) is 13.6. The van der Waals surface area contributed by atoms with Crippen LogP contribution >= 0.6 is 0 Å². The first-order chi connectivity index (χ1) is 11.0. The summed E-state index contributed by atoms with van der Waals surface area (Å²) in [6.07, 6.45) is 10.0. The largest absolute Gasteiger partial charge is 0.348 e. The van der Waals surface area contributed by atoms with Gasteiger partial charge >= 0.3 is 0 Å². The van der Waals surface area contributed by atoms with Crippen molar-refractivity contribution in [1.82, 2.24) is 0 Å². The Hall–Kier alpha value is -0.930. The normalized spacial score (nSPS) is 63.1. The Kier molecular flexibility index (Phi) is 1.63. The van der Waals surface area contributed by atoms with Crippen LogP contribution in [-0.2, 0) is 14.3 Å². The van der Waals surface area contributed by atoms with Crippen molar-refractivity contribution in [3.63, 3.8) is 0 Å². The minimum absolute atomic E-state index is 0.0697. The lowest BCUT2D eigenvalue weighted by Crippen LogP contribution is -2.75. The number of rotatable bonds is 0. The molecule has 0 aromatic rings. The third-order valence-corrected chi connectivity index (χ3v) is 8.81. The van der Waals surface area contributed by atoms with Gasteiger partial charge in [-0.1, -0.05) is 38.2 Å². The van der Waals surface area contributed by atoms with Gasteiger partial charge in [-0.2, -0.15) is 0 Å². The fourth-order valence-corrected chi connectivity index (χ4v) is 8.66. The Bertz CT molecular complexity index is 738. The monoisotopic (exact) mass is 310 g/mol. The molecule has 5 saturated carbocycles. The van der Waals surface area contributed by atoms with Crippen LogP contribution < -0.4 is 0 Å². The van der Waals surface area contributed by atoms with Gasteiger partial charge in [-0.25, -0.2) is 0 Å². The quantitative estimate of drug-likeness (QED) is 0.690. The van der Waals surface area contributed by atoms with E-state index in [9.17, 15) is 4.79 Å². The topological polar surface area (TPSA) is 35.5 Å². The van der Waals surface area contributed by atoms with Crippen LogP contribution in [-0.4, -0.2) is 24.8 Å². The van der Waals surface area contributed by atoms with E-state index in [1.807, 2.05) is 0 Å². The highest BCUT2D eigenvalue weighted by molar-refractivity contribution is 5.99. The summed E-state index contributed by atoms with van der Waals surface area (Å²) in [5, 5.41) is 0. The molecule has 120 valence electrons. The first-order valence-electron chi connectivity index (χ1n) is 9.20. The average Bonchev–Trinajstić information content (AvgIpc) is 3.07. The van der Waals surface area contributed by atoms with E-state index in [1.54, 1.807) is 0 Å². The Morgan fingerprint density at radius 1 is 1.00 bits per heavy atom. The fourth-order valence-electron chi connectivity index (χ4n) is 8.66. The van der Waals surface area contributed by atoms with Crippen LogP contribution in [0.3, 0.4) is 0 Å². The number of ether oxygens (including phenoxy) is 2. The molecule has 1 aliphatic heterocycles. The minimum atomic E-state index is -0.528. The lowest BCUT2D eigenvalue weighted by molar-refractivity contribution is -0.384. The smallest absolute Gasteiger partial charge is 0.182 e. The molecule has 0 aromatic carbocycles. The number of allylic oxidation sites excluding steroid dienone is 3. The van der Waals surface area contributed by atoms with Gasteiger partial charge in [0.25, 0.3) is 0 Å². The van der Waals surface area contributed by atoms with Crippen LogP contribution in [0.4, 0.5) is 0 Å². The first kappa shape index (κ1) is 12.4. The molecule has 3 spiro atoms. The van der Waals surface area contributed by atoms with Crippen molar-refractivity contribution >= 4 is 5.78 Å². The van der Waals surface area contributed by atoms with Gasteiger partial charge in [0.1, 0.15) is 5.78 Å². The third-order valence-electron chi connectivity index (χ3n) is 8.81. The second-order valence-corrected chi connectivity index (χ2v) is 9.90. The SMILES string of the molecule is CC1(C)COC2(OC1)C1C3CC4C1C(=O)C15C=CC=CC21C3C45. The second-order valence-electron chi connectivity index (χ2n) is 9.90. The maximum absolute atomic E-state index is 13.4. The Balaban J connectivity index is 1.52. The van der Waals surface area contributed by atoms with Crippen LogP contribution in [0.2, 0.25) is 0 Å². The van der Waals surface area contributed by atoms with E-state index >= 15 is 0 Å². The lowest BCUT2D eigenvalue weighted by atomic mass is 9.37. The summed E-state index contributed by atoms with van der Waals surface area (Å²) in [5.74, 6) is 2.95. The molecule has 7 aliphatic rings. The summed E-state index contributed by atoms with van der Waals surface area (Å²) in [6, 6.07) is 0. The summed E-state index contributed by atoms with van der Waals surface area (Å²) in [4.78, 5) is 13.4. The molecule has 23 heavy (non-hydrogen) atoms. The Labute approximate surface area is 136 Å². The average molecular weight is 310 g/mol. The minimum Gasteiger partial charge on any atom is -0.348 e. The number of fused-ring (bicyclic) bond motifs is 2. The van der Waals surface area contributed by atoms with Crippen LogP contribution in [0.25, 0.3) is 0 Å². The summed E-state index contributed by atoms with van der Waals surface area (Å²) in [7, 11) is 0. The number of hydrogen-bond donors (Lipinski definition) is 0. The van der Waals surface area contributed by atoms with E-state index in [-0.39, 0.29) is 22.2 Å². The van der Waals surface area contributed by atoms with E-state index in [1.165, 1.54) is 6.42 Å². The number of Topliss-reactive ketones (excluding diaryl/α,β-unsaturated/α-hetero) is 1. The van der Waals surface area contributed by atoms with Gasteiger partial charge in [-0.15, -0.1) is 0 Å². The zero-order chi connectivity index (χ0) is 15.4. The molecule has 1 heterocycles. The van der Waals surface area contributed by atoms with Gasteiger partial charge in [-0.3, -0.25) is 4.79 Å². The standard InChI is InChI=1S/C20H22O3/c1-17(2)8-22-20(23-9-17)13-11-7-10-12(13)16(21)18-5-3-4-6-19(18,20)15(11)14(10)18/h3-6,10-15H,7-9H2,1-2H3. The van der Waals surface area contributed by atoms with E-state index < -0.39 is 5.79 Å². The number of carbonyl (C=O) groups is 1. The van der Waals surface area contributed by atoms with Crippen molar-refractivity contribution in [2.45, 2.75) is 26.1 Å². The predicted octanol–water partition coefficient (Wildman–Crippen LogP) is 2.58. The van der Waals surface area contributed by atoms with Crippen molar-refractivity contribution in [3.8, 4) is 0 Å². The summed E-state index contributed by atoms with van der Waals surface area (Å²) >= 11 is 0. The fraction of sp³-hybridized carbons (Fsp3) is 0.750. The Morgan fingerprint density at radius 3 is 2.52 bits per heavy atom. The molecule has 0 amide bonds. The van der Waals surface area contributed by atoms with Crippen molar-refractivity contribution in [2.24, 2.45) is 51.8 Å². The van der Waals surface area contributed by atoms with Gasteiger partial charge in [0.15, 0.2) is 5.79 Å². The number of carbonyl (C=O) groups excluding carboxylic acids is 1. The van der Waals surface area contributed by atoms with E-state index in [0.717, 1.165) is 13.2 Å². The Morgan fingerprint density at radius 2 is 1.74 bits per heavy atom. The van der Waals surface area contributed by atoms with E-state index in [2.05, 4.69) is 38.2 Å². The molecule has 6 aliphatic carbocycles. The molecular weight excluding hydrogens is 288 g/mol. The molecule has 1 saturated heterocycles. The van der Waals surface area contributed by atoms with Gasteiger partial charge in [0, 0.05) is 17.3 Å². The molecule has 0 radical (unpaired) electrons. The third kappa shape index (κ3) is 0.830.